The second-order valence-corrected chi connectivity index (χ2v) is 8.31. The molecule has 3 N–H and O–H groups in total. The number of rotatable bonds is 7. The van der Waals surface area contributed by atoms with Crippen LogP contribution in [0.4, 0.5) is 5.69 Å². The summed E-state index contributed by atoms with van der Waals surface area (Å²) in [7, 11) is 4.11. The molecule has 0 radical (unpaired) electrons. The van der Waals surface area contributed by atoms with E-state index in [1.54, 1.807) is 10.7 Å². The summed E-state index contributed by atoms with van der Waals surface area (Å²) in [5.41, 5.74) is 11.9. The van der Waals surface area contributed by atoms with Crippen molar-refractivity contribution in [2.24, 2.45) is 5.73 Å². The number of carbonyl (C=O) groups excluding carboxylic acids is 1. The number of benzene rings is 3. The van der Waals surface area contributed by atoms with Gasteiger partial charge in [-0.2, -0.15) is 5.10 Å². The van der Waals surface area contributed by atoms with Gasteiger partial charge in [0.1, 0.15) is 5.69 Å². The van der Waals surface area contributed by atoms with Crippen molar-refractivity contribution in [1.29, 1.82) is 0 Å². The van der Waals surface area contributed by atoms with Crippen LogP contribution in [-0.2, 0) is 6.54 Å². The Kier molecular flexibility index (Phi) is 6.68. The van der Waals surface area contributed by atoms with Gasteiger partial charge < -0.3 is 11.1 Å². The number of nitrogens with zero attached hydrogens (tertiary/aromatic N) is 3. The fourth-order valence-corrected chi connectivity index (χ4v) is 4.08. The highest BCUT2D eigenvalue weighted by atomic mass is 16.2. The van der Waals surface area contributed by atoms with Crippen LogP contribution in [0, 0.1) is 6.92 Å². The fraction of sp³-hybridized carbons (Fsp3) is 0.185. The Morgan fingerprint density at radius 3 is 2.42 bits per heavy atom. The van der Waals surface area contributed by atoms with Gasteiger partial charge in [0.25, 0.3) is 5.91 Å². The van der Waals surface area contributed by atoms with Crippen LogP contribution in [0.15, 0.2) is 84.9 Å². The second kappa shape index (κ2) is 9.81. The van der Waals surface area contributed by atoms with Crippen LogP contribution in [0.25, 0.3) is 5.69 Å². The summed E-state index contributed by atoms with van der Waals surface area (Å²) in [5.74, 6) is -0.216. The first-order valence-corrected chi connectivity index (χ1v) is 10.9. The average molecular weight is 440 g/mol. The molecule has 0 aliphatic heterocycles. The molecule has 4 rings (SSSR count). The van der Waals surface area contributed by atoms with Crippen LogP contribution in [0.3, 0.4) is 0 Å². The van der Waals surface area contributed by atoms with Crippen LogP contribution in [0.5, 0.6) is 0 Å². The topological polar surface area (TPSA) is 76.2 Å². The minimum Gasteiger partial charge on any atom is -0.326 e. The van der Waals surface area contributed by atoms with Gasteiger partial charge in [0, 0.05) is 12.2 Å². The van der Waals surface area contributed by atoms with E-state index >= 15 is 0 Å². The van der Waals surface area contributed by atoms with Crippen LogP contribution in [-0.4, -0.2) is 34.7 Å². The zero-order chi connectivity index (χ0) is 23.4. The molecule has 6 heteroatoms. The maximum atomic E-state index is 13.3. The van der Waals surface area contributed by atoms with E-state index in [9.17, 15) is 4.79 Å². The summed E-state index contributed by atoms with van der Waals surface area (Å²) in [6.45, 7) is 2.30. The quantitative estimate of drug-likeness (QED) is 0.443. The fourth-order valence-electron chi connectivity index (χ4n) is 4.08. The van der Waals surface area contributed by atoms with E-state index in [-0.39, 0.29) is 11.9 Å². The lowest BCUT2D eigenvalue weighted by Gasteiger charge is -2.25. The number of carbonyl (C=O) groups is 1. The second-order valence-electron chi connectivity index (χ2n) is 8.31. The molecule has 1 unspecified atom stereocenters. The number of hydrogen-bond donors (Lipinski definition) is 2. The molecule has 0 bridgehead atoms. The highest BCUT2D eigenvalue weighted by Gasteiger charge is 2.19. The first-order valence-electron chi connectivity index (χ1n) is 10.9. The van der Waals surface area contributed by atoms with Gasteiger partial charge in [-0.05, 0) is 68.0 Å². The Hall–Kier alpha value is -3.74. The third-order valence-electron chi connectivity index (χ3n) is 5.55. The van der Waals surface area contributed by atoms with Crippen molar-refractivity contribution in [3.8, 4) is 5.69 Å². The van der Waals surface area contributed by atoms with E-state index in [4.69, 9.17) is 5.73 Å². The summed E-state index contributed by atoms with van der Waals surface area (Å²) in [6, 6.07) is 27.9. The average Bonchev–Trinajstić information content (AvgIpc) is 3.22. The summed E-state index contributed by atoms with van der Waals surface area (Å²) >= 11 is 0. The van der Waals surface area contributed by atoms with Crippen LogP contribution in [0.2, 0.25) is 0 Å². The van der Waals surface area contributed by atoms with Gasteiger partial charge >= 0.3 is 0 Å². The van der Waals surface area contributed by atoms with Crippen molar-refractivity contribution >= 4 is 11.6 Å². The summed E-state index contributed by atoms with van der Waals surface area (Å²) in [6.07, 6.45) is 0. The number of amides is 1. The van der Waals surface area contributed by atoms with Gasteiger partial charge in [-0.3, -0.25) is 9.69 Å². The first kappa shape index (κ1) is 22.5. The van der Waals surface area contributed by atoms with E-state index in [2.05, 4.69) is 47.6 Å². The van der Waals surface area contributed by atoms with Crippen molar-refractivity contribution in [2.45, 2.75) is 19.5 Å². The molecule has 0 aliphatic carbocycles. The molecule has 0 saturated heterocycles. The summed E-state index contributed by atoms with van der Waals surface area (Å²) in [4.78, 5) is 15.4. The van der Waals surface area contributed by atoms with Gasteiger partial charge in [0.05, 0.1) is 17.4 Å². The molecule has 1 aromatic heterocycles. The third-order valence-corrected chi connectivity index (χ3v) is 5.55. The molecule has 1 heterocycles. The molecular formula is C27H29N5O. The molecule has 1 atom stereocenters. The van der Waals surface area contributed by atoms with Crippen molar-refractivity contribution in [3.05, 3.63) is 113 Å². The third kappa shape index (κ3) is 5.03. The highest BCUT2D eigenvalue weighted by molar-refractivity contribution is 6.03. The monoisotopic (exact) mass is 439 g/mol. The Bertz CT molecular complexity index is 1250. The first-order chi connectivity index (χ1) is 16.0. The maximum absolute atomic E-state index is 13.3. The van der Waals surface area contributed by atoms with Crippen molar-refractivity contribution < 1.29 is 4.79 Å². The number of aromatic nitrogens is 2. The highest BCUT2D eigenvalue weighted by Crippen LogP contribution is 2.28. The standard InChI is InChI=1S/C27H29N5O/c1-19-15-25(32(30-19)24-14-7-9-20(16-24)18-28)27(33)29-23-13-8-12-22(17-23)26(31(2)3)21-10-5-4-6-11-21/h4-17,26H,18,28H2,1-3H3,(H,29,33). The zero-order valence-corrected chi connectivity index (χ0v) is 19.2. The van der Waals surface area contributed by atoms with Crippen molar-refractivity contribution in [1.82, 2.24) is 14.7 Å². The molecule has 0 saturated carbocycles. The van der Waals surface area contributed by atoms with Gasteiger partial charge in [-0.25, -0.2) is 4.68 Å². The van der Waals surface area contributed by atoms with E-state index in [1.165, 1.54) is 5.56 Å². The lowest BCUT2D eigenvalue weighted by molar-refractivity contribution is 0.101. The summed E-state index contributed by atoms with van der Waals surface area (Å²) < 4.78 is 1.67. The molecule has 0 aliphatic rings. The number of nitrogens with two attached hydrogens (primary N) is 1. The van der Waals surface area contributed by atoms with Crippen LogP contribution >= 0.6 is 0 Å². The normalized spacial score (nSPS) is 12.0. The van der Waals surface area contributed by atoms with Crippen LogP contribution in [0.1, 0.15) is 38.9 Å². The predicted octanol–water partition coefficient (Wildman–Crippen LogP) is 4.54. The Morgan fingerprint density at radius 1 is 0.970 bits per heavy atom. The predicted molar refractivity (Wildman–Crippen MR) is 133 cm³/mol. The minimum absolute atomic E-state index is 0.0785. The number of anilines is 1. The van der Waals surface area contributed by atoms with Gasteiger partial charge in [0.2, 0.25) is 0 Å². The molecular weight excluding hydrogens is 410 g/mol. The molecule has 33 heavy (non-hydrogen) atoms. The Morgan fingerprint density at radius 2 is 1.70 bits per heavy atom. The number of hydrogen-bond acceptors (Lipinski definition) is 4. The minimum atomic E-state index is -0.216. The van der Waals surface area contributed by atoms with Crippen LogP contribution < -0.4 is 11.1 Å². The number of aryl methyl sites for hydroxylation is 1. The largest absolute Gasteiger partial charge is 0.326 e. The molecule has 3 aromatic carbocycles. The summed E-state index contributed by atoms with van der Waals surface area (Å²) in [5, 5.41) is 7.59. The molecule has 6 nitrogen and oxygen atoms in total. The van der Waals surface area contributed by atoms with Gasteiger partial charge in [-0.15, -0.1) is 0 Å². The van der Waals surface area contributed by atoms with Gasteiger partial charge in [0.15, 0.2) is 0 Å². The molecule has 1 amide bonds. The molecule has 168 valence electrons. The molecule has 0 fully saturated rings. The maximum Gasteiger partial charge on any atom is 0.274 e. The van der Waals surface area contributed by atoms with E-state index in [1.807, 2.05) is 67.6 Å². The van der Waals surface area contributed by atoms with E-state index in [0.29, 0.717) is 12.2 Å². The molecule has 0 spiro atoms. The smallest absolute Gasteiger partial charge is 0.274 e. The lowest BCUT2D eigenvalue weighted by atomic mass is 9.97. The van der Waals surface area contributed by atoms with E-state index < -0.39 is 0 Å². The molecule has 4 aromatic rings. The van der Waals surface area contributed by atoms with Crippen molar-refractivity contribution in [3.63, 3.8) is 0 Å². The van der Waals surface area contributed by atoms with E-state index in [0.717, 1.165) is 28.2 Å². The SMILES string of the molecule is Cc1cc(C(=O)Nc2cccc(C(c3ccccc3)N(C)C)c2)n(-c2cccc(CN)c2)n1. The van der Waals surface area contributed by atoms with Gasteiger partial charge in [-0.1, -0.05) is 54.6 Å². The Labute approximate surface area is 194 Å². The lowest BCUT2D eigenvalue weighted by Crippen LogP contribution is -2.21. The van der Waals surface area contributed by atoms with Crippen molar-refractivity contribution in [2.75, 3.05) is 19.4 Å². The zero-order valence-electron chi connectivity index (χ0n) is 19.2. The number of nitrogens with one attached hydrogen (secondary N) is 1. The Balaban J connectivity index is 1.63.